The molecule has 2 fully saturated rings. The number of Topliss-reactive ketones (excluding diaryl/α,β-unsaturated/α-hetero) is 1. The molecule has 3 nitrogen and oxygen atoms in total. The maximum atomic E-state index is 12.8. The van der Waals surface area contributed by atoms with E-state index < -0.39 is 0 Å². The van der Waals surface area contributed by atoms with Crippen LogP contribution in [0, 0.1) is 5.82 Å². The molecule has 0 aliphatic carbocycles. The van der Waals surface area contributed by atoms with Crippen LogP contribution in [0.4, 0.5) is 4.39 Å². The van der Waals surface area contributed by atoms with Crippen molar-refractivity contribution >= 4 is 5.78 Å². The molecule has 0 saturated carbocycles. The molecule has 0 N–H and O–H groups in total. The number of hydroxylamine groups is 2. The van der Waals surface area contributed by atoms with Crippen LogP contribution in [0.25, 0.3) is 0 Å². The Morgan fingerprint density at radius 2 is 2.06 bits per heavy atom. The molecule has 2 aliphatic heterocycles. The van der Waals surface area contributed by atoms with Crippen LogP contribution in [0.1, 0.15) is 24.4 Å². The van der Waals surface area contributed by atoms with E-state index in [1.807, 2.05) is 5.06 Å². The minimum absolute atomic E-state index is 0.0945. The van der Waals surface area contributed by atoms with E-state index >= 15 is 0 Å². The Kier molecular flexibility index (Phi) is 2.26. The molecule has 84 valence electrons. The smallest absolute Gasteiger partial charge is 0.165 e. The van der Waals surface area contributed by atoms with Crippen molar-refractivity contribution in [2.75, 3.05) is 6.54 Å². The highest BCUT2D eigenvalue weighted by Gasteiger charge is 2.41. The molecule has 3 atom stereocenters. The number of rotatable bonds is 1. The molecule has 2 bridgehead atoms. The summed E-state index contributed by atoms with van der Waals surface area (Å²) >= 11 is 0. The van der Waals surface area contributed by atoms with Gasteiger partial charge in [0, 0.05) is 19.4 Å². The van der Waals surface area contributed by atoms with Crippen molar-refractivity contribution in [3.63, 3.8) is 0 Å². The Morgan fingerprint density at radius 3 is 2.75 bits per heavy atom. The number of fused-ring (bicyclic) bond motifs is 2. The maximum absolute atomic E-state index is 12.8. The third-order valence-electron chi connectivity index (χ3n) is 3.24. The molecule has 2 saturated heterocycles. The average molecular weight is 221 g/mol. The van der Waals surface area contributed by atoms with Gasteiger partial charge in [-0.05, 0) is 17.7 Å². The Balaban J connectivity index is 1.86. The van der Waals surface area contributed by atoms with Gasteiger partial charge in [-0.15, -0.1) is 0 Å². The third kappa shape index (κ3) is 1.54. The van der Waals surface area contributed by atoms with Crippen LogP contribution in [0.5, 0.6) is 0 Å². The van der Waals surface area contributed by atoms with E-state index in [1.54, 1.807) is 12.1 Å². The van der Waals surface area contributed by atoms with Gasteiger partial charge in [0.05, 0.1) is 6.04 Å². The molecular formula is C12H12FNO2. The van der Waals surface area contributed by atoms with Crippen molar-refractivity contribution in [3.05, 3.63) is 35.6 Å². The number of halogens is 1. The summed E-state index contributed by atoms with van der Waals surface area (Å²) in [6.07, 6.45) is 0.955. The van der Waals surface area contributed by atoms with Crippen LogP contribution < -0.4 is 0 Å². The van der Waals surface area contributed by atoms with Crippen molar-refractivity contribution in [2.45, 2.75) is 25.0 Å². The fraction of sp³-hybridized carbons (Fsp3) is 0.417. The fourth-order valence-corrected chi connectivity index (χ4v) is 2.37. The third-order valence-corrected chi connectivity index (χ3v) is 3.24. The van der Waals surface area contributed by atoms with Crippen LogP contribution in [0.3, 0.4) is 0 Å². The second kappa shape index (κ2) is 3.64. The number of carbonyl (C=O) groups is 1. The van der Waals surface area contributed by atoms with Gasteiger partial charge in [0.2, 0.25) is 0 Å². The summed E-state index contributed by atoms with van der Waals surface area (Å²) in [5.74, 6) is -0.0578. The Bertz CT molecular complexity index is 418. The van der Waals surface area contributed by atoms with Crippen LogP contribution in [-0.4, -0.2) is 23.5 Å². The lowest BCUT2D eigenvalue weighted by Crippen LogP contribution is -2.33. The molecule has 0 spiro atoms. The van der Waals surface area contributed by atoms with Crippen molar-refractivity contribution in [1.82, 2.24) is 5.06 Å². The Labute approximate surface area is 92.8 Å². The predicted molar refractivity (Wildman–Crippen MR) is 55.0 cm³/mol. The SMILES string of the molecule is O=C1CCN2O[C@@H]1C[C@@H]2c1ccc(F)cc1. The van der Waals surface area contributed by atoms with Crippen LogP contribution >= 0.6 is 0 Å². The molecule has 0 radical (unpaired) electrons. The largest absolute Gasteiger partial charge is 0.297 e. The van der Waals surface area contributed by atoms with Gasteiger partial charge in [-0.3, -0.25) is 9.63 Å². The zero-order chi connectivity index (χ0) is 11.1. The summed E-state index contributed by atoms with van der Waals surface area (Å²) in [6, 6.07) is 6.50. The fourth-order valence-electron chi connectivity index (χ4n) is 2.37. The second-order valence-corrected chi connectivity index (χ2v) is 4.25. The van der Waals surface area contributed by atoms with E-state index in [0.717, 1.165) is 5.56 Å². The zero-order valence-corrected chi connectivity index (χ0v) is 8.73. The molecule has 3 rings (SSSR count). The molecule has 1 unspecified atom stereocenters. The van der Waals surface area contributed by atoms with Gasteiger partial charge < -0.3 is 0 Å². The first-order chi connectivity index (χ1) is 7.74. The normalized spacial score (nSPS) is 33.1. The minimum Gasteiger partial charge on any atom is -0.297 e. The minimum atomic E-state index is -0.288. The van der Waals surface area contributed by atoms with Gasteiger partial charge in [-0.1, -0.05) is 12.1 Å². The van der Waals surface area contributed by atoms with Gasteiger partial charge in [0.1, 0.15) is 11.9 Å². The van der Waals surface area contributed by atoms with Crippen molar-refractivity contribution in [3.8, 4) is 0 Å². The van der Waals surface area contributed by atoms with Crippen molar-refractivity contribution in [2.24, 2.45) is 0 Å². The number of ketones is 1. The second-order valence-electron chi connectivity index (χ2n) is 4.25. The summed E-state index contributed by atoms with van der Waals surface area (Å²) in [5.41, 5.74) is 1.01. The van der Waals surface area contributed by atoms with E-state index in [-0.39, 0.29) is 23.7 Å². The molecule has 2 heterocycles. The summed E-state index contributed by atoms with van der Waals surface area (Å²) < 4.78 is 12.8. The average Bonchev–Trinajstić information content (AvgIpc) is 2.65. The highest BCUT2D eigenvalue weighted by atomic mass is 19.1. The molecule has 0 amide bonds. The summed E-state index contributed by atoms with van der Waals surface area (Å²) in [7, 11) is 0. The Hall–Kier alpha value is -1.26. The van der Waals surface area contributed by atoms with E-state index in [0.29, 0.717) is 19.4 Å². The highest BCUT2D eigenvalue weighted by Crippen LogP contribution is 2.37. The van der Waals surface area contributed by atoms with Gasteiger partial charge in [0.25, 0.3) is 0 Å². The highest BCUT2D eigenvalue weighted by molar-refractivity contribution is 5.84. The Morgan fingerprint density at radius 1 is 1.31 bits per heavy atom. The van der Waals surface area contributed by atoms with Gasteiger partial charge in [0.15, 0.2) is 5.78 Å². The quantitative estimate of drug-likeness (QED) is 0.724. The maximum Gasteiger partial charge on any atom is 0.165 e. The van der Waals surface area contributed by atoms with Crippen molar-refractivity contribution in [1.29, 1.82) is 0 Å². The summed E-state index contributed by atoms with van der Waals surface area (Å²) in [5, 5.41) is 1.85. The summed E-state index contributed by atoms with van der Waals surface area (Å²) in [6.45, 7) is 0.636. The van der Waals surface area contributed by atoms with E-state index in [4.69, 9.17) is 4.84 Å². The molecule has 2 aliphatic rings. The molecule has 4 heteroatoms. The number of hydrogen-bond donors (Lipinski definition) is 0. The topological polar surface area (TPSA) is 29.5 Å². The molecule has 1 aromatic carbocycles. The van der Waals surface area contributed by atoms with Crippen molar-refractivity contribution < 1.29 is 14.0 Å². The molecule has 0 aromatic heterocycles. The van der Waals surface area contributed by atoms with Crippen LogP contribution in [-0.2, 0) is 9.63 Å². The van der Waals surface area contributed by atoms with E-state index in [9.17, 15) is 9.18 Å². The lowest BCUT2D eigenvalue weighted by molar-refractivity contribution is -0.189. The predicted octanol–water partition coefficient (Wildman–Crippen LogP) is 1.85. The number of nitrogens with zero attached hydrogens (tertiary/aromatic N) is 1. The first-order valence-electron chi connectivity index (χ1n) is 5.45. The molecule has 16 heavy (non-hydrogen) atoms. The van der Waals surface area contributed by atoms with Crippen LogP contribution in [0.15, 0.2) is 24.3 Å². The van der Waals surface area contributed by atoms with E-state index in [2.05, 4.69) is 0 Å². The lowest BCUT2D eigenvalue weighted by atomic mass is 10.0. The number of hydrogen-bond acceptors (Lipinski definition) is 3. The van der Waals surface area contributed by atoms with E-state index in [1.165, 1.54) is 12.1 Å². The monoisotopic (exact) mass is 221 g/mol. The molecular weight excluding hydrogens is 209 g/mol. The lowest BCUT2D eigenvalue weighted by Gasteiger charge is -2.24. The number of benzene rings is 1. The van der Waals surface area contributed by atoms with Gasteiger partial charge >= 0.3 is 0 Å². The van der Waals surface area contributed by atoms with Crippen LogP contribution in [0.2, 0.25) is 0 Å². The zero-order valence-electron chi connectivity index (χ0n) is 8.73. The molecule has 1 aromatic rings. The van der Waals surface area contributed by atoms with Gasteiger partial charge in [-0.2, -0.15) is 5.06 Å². The number of carbonyl (C=O) groups excluding carboxylic acids is 1. The first kappa shape index (κ1) is 9.93. The van der Waals surface area contributed by atoms with Gasteiger partial charge in [-0.25, -0.2) is 4.39 Å². The first-order valence-corrected chi connectivity index (χ1v) is 5.45. The standard InChI is InChI=1S/C12H12FNO2/c13-9-3-1-8(2-4-9)10-7-12-11(15)5-6-14(10)16-12/h1-4,10,12H,5-7H2/t10-,12-/m1/s1. The summed E-state index contributed by atoms with van der Waals surface area (Å²) in [4.78, 5) is 17.0.